The molecule has 1 amide bonds. The third kappa shape index (κ3) is 5.42. The van der Waals surface area contributed by atoms with E-state index in [0.717, 1.165) is 18.8 Å². The van der Waals surface area contributed by atoms with Gasteiger partial charge in [0, 0.05) is 6.04 Å². The van der Waals surface area contributed by atoms with Crippen molar-refractivity contribution >= 4 is 6.09 Å². The van der Waals surface area contributed by atoms with Crippen LogP contribution in [0.5, 0.6) is 0 Å². The number of nitrogens with one attached hydrogen (secondary N) is 1. The van der Waals surface area contributed by atoms with Gasteiger partial charge < -0.3 is 10.1 Å². The van der Waals surface area contributed by atoms with Gasteiger partial charge in [0.05, 0.1) is 0 Å². The van der Waals surface area contributed by atoms with Crippen molar-refractivity contribution in [1.82, 2.24) is 5.32 Å². The van der Waals surface area contributed by atoms with Gasteiger partial charge in [0.2, 0.25) is 0 Å². The maximum absolute atomic E-state index is 11.7. The Kier molecular flexibility index (Phi) is 4.84. The molecule has 100 valence electrons. The van der Waals surface area contributed by atoms with Crippen LogP contribution in [-0.4, -0.2) is 17.7 Å². The van der Waals surface area contributed by atoms with E-state index in [4.69, 9.17) is 4.74 Å². The molecule has 17 heavy (non-hydrogen) atoms. The van der Waals surface area contributed by atoms with Crippen molar-refractivity contribution in [2.24, 2.45) is 11.8 Å². The van der Waals surface area contributed by atoms with Gasteiger partial charge in [-0.25, -0.2) is 4.79 Å². The van der Waals surface area contributed by atoms with Gasteiger partial charge in [0.25, 0.3) is 0 Å². The van der Waals surface area contributed by atoms with Gasteiger partial charge in [-0.2, -0.15) is 0 Å². The average Bonchev–Trinajstić information content (AvgIpc) is 2.14. The lowest BCUT2D eigenvalue weighted by molar-refractivity contribution is 0.0479. The maximum Gasteiger partial charge on any atom is 0.407 e. The lowest BCUT2D eigenvalue weighted by Gasteiger charge is -2.32. The molecule has 0 bridgehead atoms. The molecule has 0 radical (unpaired) electrons. The van der Waals surface area contributed by atoms with E-state index in [2.05, 4.69) is 19.2 Å². The topological polar surface area (TPSA) is 38.3 Å². The molecule has 3 heteroatoms. The summed E-state index contributed by atoms with van der Waals surface area (Å²) in [6, 6.07) is 0.297. The Morgan fingerprint density at radius 2 is 1.94 bits per heavy atom. The Labute approximate surface area is 105 Å². The van der Waals surface area contributed by atoms with Gasteiger partial charge >= 0.3 is 6.09 Å². The van der Waals surface area contributed by atoms with Crippen molar-refractivity contribution in [2.75, 3.05) is 0 Å². The molecule has 0 aliphatic heterocycles. The molecule has 0 aromatic rings. The molecule has 1 rings (SSSR count). The first-order valence-corrected chi connectivity index (χ1v) is 6.77. The smallest absolute Gasteiger partial charge is 0.407 e. The minimum absolute atomic E-state index is 0.271. The molecule has 1 aliphatic carbocycles. The summed E-state index contributed by atoms with van der Waals surface area (Å²) in [6.45, 7) is 10.2. The van der Waals surface area contributed by atoms with Gasteiger partial charge in [-0.1, -0.05) is 26.7 Å². The number of carbonyl (C=O) groups is 1. The predicted octanol–water partition coefficient (Wildman–Crippen LogP) is 3.73. The quantitative estimate of drug-likeness (QED) is 0.800. The second-order valence-electron chi connectivity index (χ2n) is 6.51. The van der Waals surface area contributed by atoms with Crippen LogP contribution in [0.25, 0.3) is 0 Å². The van der Waals surface area contributed by atoms with Crippen LogP contribution < -0.4 is 5.32 Å². The summed E-state index contributed by atoms with van der Waals surface area (Å²) in [4.78, 5) is 11.7. The van der Waals surface area contributed by atoms with Gasteiger partial charge in [-0.15, -0.1) is 0 Å². The molecule has 0 aromatic heterocycles. The van der Waals surface area contributed by atoms with Crippen LogP contribution in [0.3, 0.4) is 0 Å². The number of amides is 1. The van der Waals surface area contributed by atoms with E-state index in [9.17, 15) is 4.79 Å². The maximum atomic E-state index is 11.7. The summed E-state index contributed by atoms with van der Waals surface area (Å²) >= 11 is 0. The second-order valence-corrected chi connectivity index (χ2v) is 6.51. The normalized spacial score (nSPS) is 25.8. The Morgan fingerprint density at radius 1 is 1.29 bits per heavy atom. The molecule has 1 saturated carbocycles. The van der Waals surface area contributed by atoms with Crippen LogP contribution in [0.4, 0.5) is 4.79 Å². The largest absolute Gasteiger partial charge is 0.444 e. The molecule has 1 aliphatic rings. The fraction of sp³-hybridized carbons (Fsp3) is 0.929. The lowest BCUT2D eigenvalue weighted by atomic mass is 9.79. The van der Waals surface area contributed by atoms with Crippen LogP contribution in [0.2, 0.25) is 0 Å². The molecular weight excluding hydrogens is 214 g/mol. The molecule has 0 heterocycles. The van der Waals surface area contributed by atoms with E-state index in [0.29, 0.717) is 12.0 Å². The first-order chi connectivity index (χ1) is 7.78. The fourth-order valence-corrected chi connectivity index (χ4v) is 2.44. The van der Waals surface area contributed by atoms with Crippen LogP contribution >= 0.6 is 0 Å². The van der Waals surface area contributed by atoms with Crippen molar-refractivity contribution in [1.29, 1.82) is 0 Å². The molecule has 2 atom stereocenters. The highest BCUT2D eigenvalue weighted by Crippen LogP contribution is 2.30. The summed E-state index contributed by atoms with van der Waals surface area (Å²) in [5.74, 6) is 1.45. The number of ether oxygens (including phenoxy) is 1. The van der Waals surface area contributed by atoms with Crippen molar-refractivity contribution in [3.8, 4) is 0 Å². The number of hydrogen-bond acceptors (Lipinski definition) is 2. The van der Waals surface area contributed by atoms with E-state index in [1.165, 1.54) is 12.8 Å². The standard InChI is InChI=1S/C14H27NO2/c1-10(2)11-7-6-8-12(9-11)15-13(16)17-14(3,4)5/h10-12H,6-9H2,1-5H3,(H,15,16)/t11-,12?/m0/s1. The monoisotopic (exact) mass is 241 g/mol. The first kappa shape index (κ1) is 14.3. The van der Waals surface area contributed by atoms with Crippen LogP contribution in [-0.2, 0) is 4.74 Å². The van der Waals surface area contributed by atoms with Crippen LogP contribution in [0.15, 0.2) is 0 Å². The van der Waals surface area contributed by atoms with Crippen molar-refractivity contribution < 1.29 is 9.53 Å². The van der Waals surface area contributed by atoms with E-state index < -0.39 is 5.60 Å². The zero-order valence-corrected chi connectivity index (χ0v) is 11.9. The van der Waals surface area contributed by atoms with E-state index in [1.807, 2.05) is 20.8 Å². The minimum atomic E-state index is -0.407. The Hall–Kier alpha value is -0.730. The molecule has 1 fully saturated rings. The lowest BCUT2D eigenvalue weighted by Crippen LogP contribution is -2.42. The van der Waals surface area contributed by atoms with Crippen molar-refractivity contribution in [2.45, 2.75) is 71.9 Å². The third-order valence-electron chi connectivity index (χ3n) is 3.38. The van der Waals surface area contributed by atoms with Gasteiger partial charge in [0.1, 0.15) is 5.60 Å². The zero-order valence-electron chi connectivity index (χ0n) is 11.9. The molecule has 0 aromatic carbocycles. The third-order valence-corrected chi connectivity index (χ3v) is 3.38. The number of alkyl carbamates (subject to hydrolysis) is 1. The molecule has 1 unspecified atom stereocenters. The van der Waals surface area contributed by atoms with E-state index >= 15 is 0 Å². The van der Waals surface area contributed by atoms with Gasteiger partial charge in [-0.05, 0) is 45.4 Å². The molecule has 3 nitrogen and oxygen atoms in total. The second kappa shape index (κ2) is 5.74. The van der Waals surface area contributed by atoms with Crippen molar-refractivity contribution in [3.05, 3.63) is 0 Å². The first-order valence-electron chi connectivity index (χ1n) is 6.77. The van der Waals surface area contributed by atoms with Crippen LogP contribution in [0, 0.1) is 11.8 Å². The molecular formula is C14H27NO2. The molecule has 1 N–H and O–H groups in total. The molecule has 0 saturated heterocycles. The predicted molar refractivity (Wildman–Crippen MR) is 70.0 cm³/mol. The van der Waals surface area contributed by atoms with E-state index in [1.54, 1.807) is 0 Å². The highest BCUT2D eigenvalue weighted by atomic mass is 16.6. The summed E-state index contributed by atoms with van der Waals surface area (Å²) < 4.78 is 5.29. The summed E-state index contributed by atoms with van der Waals surface area (Å²) in [7, 11) is 0. The summed E-state index contributed by atoms with van der Waals surface area (Å²) in [5.41, 5.74) is -0.407. The SMILES string of the molecule is CC(C)[C@H]1CCCC(NC(=O)OC(C)(C)C)C1. The number of rotatable bonds is 2. The molecule has 0 spiro atoms. The highest BCUT2D eigenvalue weighted by molar-refractivity contribution is 5.68. The van der Waals surface area contributed by atoms with Gasteiger partial charge in [0.15, 0.2) is 0 Å². The Morgan fingerprint density at radius 3 is 2.47 bits per heavy atom. The fourth-order valence-electron chi connectivity index (χ4n) is 2.44. The van der Waals surface area contributed by atoms with Crippen LogP contribution in [0.1, 0.15) is 60.3 Å². The summed E-state index contributed by atoms with van der Waals surface area (Å²) in [5, 5.41) is 3.00. The highest BCUT2D eigenvalue weighted by Gasteiger charge is 2.26. The number of carbonyl (C=O) groups excluding carboxylic acids is 1. The number of hydrogen-bond donors (Lipinski definition) is 1. The van der Waals surface area contributed by atoms with E-state index in [-0.39, 0.29) is 6.09 Å². The minimum Gasteiger partial charge on any atom is -0.444 e. The van der Waals surface area contributed by atoms with Gasteiger partial charge in [-0.3, -0.25) is 0 Å². The van der Waals surface area contributed by atoms with Crippen molar-refractivity contribution in [3.63, 3.8) is 0 Å². The average molecular weight is 241 g/mol. The Bertz CT molecular complexity index is 255. The Balaban J connectivity index is 2.38. The zero-order chi connectivity index (χ0) is 13.1. The summed E-state index contributed by atoms with van der Waals surface area (Å²) in [6.07, 6.45) is 4.42.